The molecule has 0 unspecified atom stereocenters. The summed E-state index contributed by atoms with van der Waals surface area (Å²) in [5.41, 5.74) is 9.10. The number of hydrogen-bond donors (Lipinski definition) is 2. The van der Waals surface area contributed by atoms with Crippen LogP contribution in [0.1, 0.15) is 11.4 Å². The number of rotatable bonds is 2. The molecule has 0 bridgehead atoms. The van der Waals surface area contributed by atoms with Gasteiger partial charge in [0.05, 0.1) is 12.1 Å². The molecule has 0 saturated heterocycles. The van der Waals surface area contributed by atoms with E-state index in [1.807, 2.05) is 0 Å². The number of pyridine rings is 1. The molecule has 0 aromatic carbocycles. The molecule has 0 aliphatic heterocycles. The van der Waals surface area contributed by atoms with Crippen molar-refractivity contribution in [2.75, 3.05) is 11.5 Å². The predicted octanol–water partition coefficient (Wildman–Crippen LogP) is 0.265. The molecule has 0 atom stereocenters. The second-order valence-corrected chi connectivity index (χ2v) is 3.85. The van der Waals surface area contributed by atoms with E-state index in [1.54, 1.807) is 0 Å². The van der Waals surface area contributed by atoms with Crippen molar-refractivity contribution < 1.29 is 13.2 Å². The largest absolute Gasteiger partial charge is 0.417 e. The quantitative estimate of drug-likeness (QED) is 0.819. The summed E-state index contributed by atoms with van der Waals surface area (Å²) >= 11 is 0. The molecule has 0 radical (unpaired) electrons. The van der Waals surface area contributed by atoms with Crippen LogP contribution in [0.5, 0.6) is 0 Å². The summed E-state index contributed by atoms with van der Waals surface area (Å²) in [6.45, 7) is -0.292. The fourth-order valence-electron chi connectivity index (χ4n) is 1.50. The Kier molecular flexibility index (Phi) is 3.30. The monoisotopic (exact) mass is 286 g/mol. The topological polar surface area (TPSA) is 113 Å². The molecule has 2 aromatic rings. The van der Waals surface area contributed by atoms with Crippen molar-refractivity contribution in [2.45, 2.75) is 12.7 Å². The Balaban J connectivity index is 2.40. The molecular formula is C10H9F3N6O. The lowest BCUT2D eigenvalue weighted by Crippen LogP contribution is -2.23. The first kappa shape index (κ1) is 13.8. The van der Waals surface area contributed by atoms with Gasteiger partial charge in [-0.1, -0.05) is 0 Å². The van der Waals surface area contributed by atoms with E-state index in [0.29, 0.717) is 12.3 Å². The summed E-state index contributed by atoms with van der Waals surface area (Å²) in [5.74, 6) is -0.350. The third-order valence-corrected chi connectivity index (χ3v) is 2.34. The molecule has 7 nitrogen and oxygen atoms in total. The van der Waals surface area contributed by atoms with Crippen molar-refractivity contribution in [3.8, 4) is 0 Å². The Hall–Kier alpha value is -2.65. The number of aromatic nitrogens is 4. The maximum atomic E-state index is 12.6. The van der Waals surface area contributed by atoms with Crippen LogP contribution >= 0.6 is 0 Å². The van der Waals surface area contributed by atoms with Crippen molar-refractivity contribution in [3.05, 3.63) is 40.1 Å². The number of nitrogens with zero attached hydrogens (tertiary/aromatic N) is 4. The molecule has 0 saturated carbocycles. The van der Waals surface area contributed by atoms with E-state index in [0.717, 1.165) is 10.6 Å². The van der Waals surface area contributed by atoms with Gasteiger partial charge in [0.15, 0.2) is 5.82 Å². The fourth-order valence-corrected chi connectivity index (χ4v) is 1.50. The van der Waals surface area contributed by atoms with Gasteiger partial charge in [-0.3, -0.25) is 4.79 Å². The summed E-state index contributed by atoms with van der Waals surface area (Å²) in [6.07, 6.45) is -3.87. The van der Waals surface area contributed by atoms with E-state index in [4.69, 9.17) is 11.5 Å². The molecule has 0 spiro atoms. The highest BCUT2D eigenvalue weighted by molar-refractivity contribution is 5.26. The van der Waals surface area contributed by atoms with Gasteiger partial charge in [0.1, 0.15) is 0 Å². The van der Waals surface area contributed by atoms with E-state index in [9.17, 15) is 18.0 Å². The maximum Gasteiger partial charge on any atom is 0.417 e. The first-order valence-corrected chi connectivity index (χ1v) is 5.29. The molecule has 2 aromatic heterocycles. The van der Waals surface area contributed by atoms with Crippen LogP contribution in [0.3, 0.4) is 0 Å². The van der Waals surface area contributed by atoms with E-state index >= 15 is 0 Å². The SMILES string of the molecule is Nc1nc(N)nc(Cn2cc(C(F)(F)F)ccc2=O)n1. The summed E-state index contributed by atoms with van der Waals surface area (Å²) in [6, 6.07) is 1.52. The third kappa shape index (κ3) is 3.02. The van der Waals surface area contributed by atoms with Crippen LogP contribution in [0.25, 0.3) is 0 Å². The normalized spacial score (nSPS) is 11.6. The molecule has 20 heavy (non-hydrogen) atoms. The lowest BCUT2D eigenvalue weighted by molar-refractivity contribution is -0.138. The van der Waals surface area contributed by atoms with Gasteiger partial charge < -0.3 is 16.0 Å². The van der Waals surface area contributed by atoms with Gasteiger partial charge in [-0.2, -0.15) is 28.1 Å². The fraction of sp³-hybridized carbons (Fsp3) is 0.200. The highest BCUT2D eigenvalue weighted by atomic mass is 19.4. The van der Waals surface area contributed by atoms with Gasteiger partial charge >= 0.3 is 6.18 Å². The van der Waals surface area contributed by atoms with Crippen LogP contribution < -0.4 is 17.0 Å². The molecular weight excluding hydrogens is 277 g/mol. The molecule has 106 valence electrons. The van der Waals surface area contributed by atoms with Crippen LogP contribution in [0.4, 0.5) is 25.1 Å². The molecule has 0 amide bonds. The number of hydrogen-bond acceptors (Lipinski definition) is 6. The summed E-state index contributed by atoms with van der Waals surface area (Å²) < 4.78 is 38.5. The minimum atomic E-state index is -4.55. The van der Waals surface area contributed by atoms with Crippen LogP contribution in [0, 0.1) is 0 Å². The van der Waals surface area contributed by atoms with E-state index in [2.05, 4.69) is 15.0 Å². The van der Waals surface area contributed by atoms with Crippen LogP contribution in [-0.2, 0) is 12.7 Å². The first-order valence-electron chi connectivity index (χ1n) is 5.29. The first-order chi connectivity index (χ1) is 9.25. The molecule has 0 aliphatic rings. The highest BCUT2D eigenvalue weighted by Crippen LogP contribution is 2.28. The number of nitrogen functional groups attached to an aromatic ring is 2. The van der Waals surface area contributed by atoms with Gasteiger partial charge in [0.2, 0.25) is 11.9 Å². The number of alkyl halides is 3. The van der Waals surface area contributed by atoms with Gasteiger partial charge in [0.25, 0.3) is 5.56 Å². The zero-order chi connectivity index (χ0) is 14.9. The van der Waals surface area contributed by atoms with Crippen LogP contribution in [0.2, 0.25) is 0 Å². The minimum Gasteiger partial charge on any atom is -0.368 e. The molecule has 2 heterocycles. The molecule has 2 rings (SSSR count). The second-order valence-electron chi connectivity index (χ2n) is 3.85. The van der Waals surface area contributed by atoms with Gasteiger partial charge in [-0.25, -0.2) is 0 Å². The van der Waals surface area contributed by atoms with E-state index in [-0.39, 0.29) is 24.3 Å². The Bertz CT molecular complexity index is 676. The summed E-state index contributed by atoms with van der Waals surface area (Å²) in [7, 11) is 0. The predicted molar refractivity (Wildman–Crippen MR) is 63.5 cm³/mol. The molecule has 4 N–H and O–H groups in total. The lowest BCUT2D eigenvalue weighted by atomic mass is 10.3. The Morgan fingerprint density at radius 3 is 2.25 bits per heavy atom. The zero-order valence-electron chi connectivity index (χ0n) is 9.92. The lowest BCUT2D eigenvalue weighted by Gasteiger charge is -2.10. The number of nitrogens with two attached hydrogens (primary N) is 2. The van der Waals surface area contributed by atoms with E-state index in [1.165, 1.54) is 0 Å². The van der Waals surface area contributed by atoms with Crippen molar-refractivity contribution in [2.24, 2.45) is 0 Å². The third-order valence-electron chi connectivity index (χ3n) is 2.34. The second kappa shape index (κ2) is 4.79. The van der Waals surface area contributed by atoms with Crippen LogP contribution in [0.15, 0.2) is 23.1 Å². The number of anilines is 2. The standard InChI is InChI=1S/C10H9F3N6O/c11-10(12,13)5-1-2-7(20)19(3-5)4-6-16-8(14)18-9(15)17-6/h1-3H,4H2,(H4,14,15,16,17,18). The van der Waals surface area contributed by atoms with Gasteiger partial charge in [-0.15, -0.1) is 0 Å². The average molecular weight is 286 g/mol. The van der Waals surface area contributed by atoms with Gasteiger partial charge in [-0.05, 0) is 6.07 Å². The highest BCUT2D eigenvalue weighted by Gasteiger charge is 2.31. The molecule has 0 fully saturated rings. The zero-order valence-corrected chi connectivity index (χ0v) is 9.92. The van der Waals surface area contributed by atoms with Crippen molar-refractivity contribution in [3.63, 3.8) is 0 Å². The smallest absolute Gasteiger partial charge is 0.368 e. The van der Waals surface area contributed by atoms with Gasteiger partial charge in [0, 0.05) is 12.3 Å². The number of halogens is 3. The Labute approximate surface area is 110 Å². The maximum absolute atomic E-state index is 12.6. The Morgan fingerprint density at radius 1 is 1.10 bits per heavy atom. The average Bonchev–Trinajstić information content (AvgIpc) is 2.29. The van der Waals surface area contributed by atoms with Crippen molar-refractivity contribution in [1.82, 2.24) is 19.5 Å². The van der Waals surface area contributed by atoms with Crippen molar-refractivity contribution >= 4 is 11.9 Å². The Morgan fingerprint density at radius 2 is 1.70 bits per heavy atom. The summed E-state index contributed by atoms with van der Waals surface area (Å²) in [4.78, 5) is 22.4. The minimum absolute atomic E-state index is 0.00331. The van der Waals surface area contributed by atoms with E-state index < -0.39 is 17.3 Å². The molecule has 10 heteroatoms. The summed E-state index contributed by atoms with van der Waals surface area (Å²) in [5, 5.41) is 0. The molecule has 0 aliphatic carbocycles. The van der Waals surface area contributed by atoms with Crippen LogP contribution in [-0.4, -0.2) is 19.5 Å². The van der Waals surface area contributed by atoms with Crippen molar-refractivity contribution in [1.29, 1.82) is 0 Å².